The Morgan fingerprint density at radius 2 is 1.39 bits per heavy atom. The van der Waals surface area contributed by atoms with Crippen LogP contribution >= 0.6 is 32.0 Å². The van der Waals surface area contributed by atoms with Crippen LogP contribution in [0.3, 0.4) is 0 Å². The van der Waals surface area contributed by atoms with Gasteiger partial charge in [0.15, 0.2) is 0 Å². The summed E-state index contributed by atoms with van der Waals surface area (Å²) >= 11 is 1.81. The second kappa shape index (κ2) is 18.2. The van der Waals surface area contributed by atoms with Crippen LogP contribution < -0.4 is 26.6 Å². The van der Waals surface area contributed by atoms with Gasteiger partial charge in [0.05, 0.1) is 0 Å². The van der Waals surface area contributed by atoms with Gasteiger partial charge in [0.1, 0.15) is 0 Å². The molecule has 2 unspecified atom stereocenters. The first-order valence-corrected chi connectivity index (χ1v) is 18.2. The molecule has 38 heavy (non-hydrogen) atoms. The van der Waals surface area contributed by atoms with Gasteiger partial charge in [-0.2, -0.15) is 30.0 Å². The molecule has 0 aromatic heterocycles. The van der Waals surface area contributed by atoms with Crippen molar-refractivity contribution in [2.45, 2.75) is 100 Å². The van der Waals surface area contributed by atoms with Crippen molar-refractivity contribution in [1.82, 2.24) is 26.6 Å². The van der Waals surface area contributed by atoms with Crippen molar-refractivity contribution in [3.63, 3.8) is 0 Å². The predicted octanol–water partition coefficient (Wildman–Crippen LogP) is 4.64. The predicted molar refractivity (Wildman–Crippen MR) is 157 cm³/mol. The first kappa shape index (κ1) is 32.2. The number of nitrogens with one attached hydrogen (secondary N) is 5. The summed E-state index contributed by atoms with van der Waals surface area (Å²) in [5, 5.41) is 18.4. The topological polar surface area (TPSA) is 77.2 Å². The summed E-state index contributed by atoms with van der Waals surface area (Å²) in [5.41, 5.74) is 3.02. The molecule has 5 N–H and O–H groups in total. The number of benzene rings is 1. The summed E-state index contributed by atoms with van der Waals surface area (Å²) in [6.07, 6.45) is 10.2. The number of thioether (sulfide) groups is 1. The summed E-state index contributed by atoms with van der Waals surface area (Å²) in [5.74, 6) is 0.775. The number of rotatable bonds is 5. The molecule has 3 aliphatic rings. The molecule has 1 heterocycles. The fraction of sp³-hybridized carbons (Fsp3) is 0.679. The van der Waals surface area contributed by atoms with Crippen LogP contribution in [0, 0.1) is 6.07 Å². The summed E-state index contributed by atoms with van der Waals surface area (Å²) in [6, 6.07) is 10.4. The molecule has 1 aromatic rings. The van der Waals surface area contributed by atoms with Gasteiger partial charge >= 0.3 is 33.3 Å². The molecule has 1 aromatic carbocycles. The van der Waals surface area contributed by atoms with Crippen molar-refractivity contribution in [2.75, 3.05) is 25.4 Å². The van der Waals surface area contributed by atoms with Crippen LogP contribution in [0.4, 0.5) is 0 Å². The van der Waals surface area contributed by atoms with Crippen LogP contribution in [0.25, 0.3) is 0 Å². The summed E-state index contributed by atoms with van der Waals surface area (Å²) in [6.45, 7) is 9.87. The minimum absolute atomic E-state index is 0.00694. The van der Waals surface area contributed by atoms with Gasteiger partial charge in [-0.05, 0) is 45.7 Å². The Morgan fingerprint density at radius 3 is 1.84 bits per heavy atom. The van der Waals surface area contributed by atoms with Gasteiger partial charge in [-0.15, -0.1) is 16.0 Å². The zero-order valence-corrected chi connectivity index (χ0v) is 26.0. The zero-order chi connectivity index (χ0) is 27.2. The van der Waals surface area contributed by atoms with E-state index in [9.17, 15) is 4.79 Å². The van der Waals surface area contributed by atoms with Crippen molar-refractivity contribution < 1.29 is 17.9 Å². The number of amides is 1. The Balaban J connectivity index is 0.00000127. The van der Waals surface area contributed by atoms with Gasteiger partial charge in [0.25, 0.3) is 0 Å². The summed E-state index contributed by atoms with van der Waals surface area (Å²) in [7, 11) is 9.59. The monoisotopic (exact) mass is 623 g/mol. The fourth-order valence-electron chi connectivity index (χ4n) is 5.66. The van der Waals surface area contributed by atoms with Gasteiger partial charge in [-0.3, -0.25) is 4.79 Å². The van der Waals surface area contributed by atoms with Gasteiger partial charge < -0.3 is 26.6 Å². The minimum atomic E-state index is -0.0644. The Labute approximate surface area is 248 Å². The molecule has 4 rings (SSSR count). The van der Waals surface area contributed by atoms with E-state index in [0.717, 1.165) is 31.9 Å². The van der Waals surface area contributed by atoms with E-state index < -0.39 is 0 Å². The molecule has 0 spiro atoms. The maximum atomic E-state index is 11.8. The summed E-state index contributed by atoms with van der Waals surface area (Å²) in [4.78, 5) is 13.0. The van der Waals surface area contributed by atoms with E-state index in [0.29, 0.717) is 36.3 Å². The normalized spacial score (nSPS) is 26.3. The average Bonchev–Trinajstić information content (AvgIpc) is 2.92. The third-order valence-corrected chi connectivity index (χ3v) is 8.55. The van der Waals surface area contributed by atoms with Crippen LogP contribution in [0.2, 0.25) is 0 Å². The average molecular weight is 625 g/mol. The Kier molecular flexibility index (Phi) is 15.4. The second-order valence-electron chi connectivity index (χ2n) is 10.5. The van der Waals surface area contributed by atoms with E-state index in [1.807, 2.05) is 0 Å². The Bertz CT molecular complexity index is 831. The van der Waals surface area contributed by atoms with Crippen molar-refractivity contribution in [1.29, 1.82) is 0 Å². The molecule has 0 saturated heterocycles. The molecular formula is C28H44Cl2MnN5OS-. The van der Waals surface area contributed by atoms with E-state index in [2.05, 4.69) is 51.4 Å². The number of hydrogen-bond acceptors (Lipinski definition) is 6. The van der Waals surface area contributed by atoms with E-state index >= 15 is 0 Å². The maximum absolute atomic E-state index is 11.8. The van der Waals surface area contributed by atoms with Crippen LogP contribution in [-0.4, -0.2) is 55.5 Å². The van der Waals surface area contributed by atoms with Gasteiger partial charge in [0, 0.05) is 55.1 Å². The number of carbonyl (C=O) groups is 1. The molecule has 4 atom stereocenters. The van der Waals surface area contributed by atoms with E-state index in [1.54, 1.807) is 18.7 Å². The number of fused-ring (bicyclic) bond motifs is 4. The fourth-order valence-corrected chi connectivity index (χ4v) is 6.55. The molecule has 2 saturated carbocycles. The molecule has 10 heteroatoms. The molecular weight excluding hydrogens is 580 g/mol. The second-order valence-corrected chi connectivity index (χ2v) is 13.6. The third kappa shape index (κ3) is 11.3. The molecule has 2 aliphatic carbocycles. The summed E-state index contributed by atoms with van der Waals surface area (Å²) < 4.78 is 0. The quantitative estimate of drug-likeness (QED) is 0.108. The van der Waals surface area contributed by atoms with Crippen molar-refractivity contribution >= 4 is 37.9 Å². The van der Waals surface area contributed by atoms with Crippen LogP contribution in [0.15, 0.2) is 29.2 Å². The van der Waals surface area contributed by atoms with Gasteiger partial charge in [-0.1, -0.05) is 32.3 Å². The molecule has 0 radical (unpaired) electrons. The Hall–Kier alpha value is -0.281. The molecule has 2 bridgehead atoms. The van der Waals surface area contributed by atoms with Crippen LogP contribution in [0.1, 0.15) is 69.4 Å². The third-order valence-electron chi connectivity index (χ3n) is 7.58. The number of carbonyl (C=O) groups excluding carboxylic acids is 1. The molecule has 1 amide bonds. The van der Waals surface area contributed by atoms with E-state index in [-0.39, 0.29) is 19.0 Å². The molecule has 6 nitrogen and oxygen atoms in total. The molecule has 2 fully saturated rings. The number of halogens is 2. The van der Waals surface area contributed by atoms with Crippen molar-refractivity contribution in [2.24, 2.45) is 0 Å². The first-order valence-electron chi connectivity index (χ1n) is 13.9. The Morgan fingerprint density at radius 1 is 0.947 bits per heavy atom. The van der Waals surface area contributed by atoms with Gasteiger partial charge in [0.2, 0.25) is 5.91 Å². The molecule has 215 valence electrons. The SMILES string of the molecule is C=C(C)C(=O)NCCSc1cc2[c-]c(c1)CNC1CCCC[C@H]1NCCN[C@@H]1CCCCC1NC2.[Cl][Mn][Cl]. The molecule has 1 aliphatic heterocycles. The number of hydrogen-bond donors (Lipinski definition) is 5. The van der Waals surface area contributed by atoms with Gasteiger partial charge in [-0.25, -0.2) is 0 Å². The van der Waals surface area contributed by atoms with Crippen molar-refractivity contribution in [3.05, 3.63) is 41.5 Å². The van der Waals surface area contributed by atoms with Crippen molar-refractivity contribution in [3.8, 4) is 0 Å². The van der Waals surface area contributed by atoms with Crippen LogP contribution in [0.5, 0.6) is 0 Å². The van der Waals surface area contributed by atoms with E-state index in [4.69, 9.17) is 20.2 Å². The zero-order valence-electron chi connectivity index (χ0n) is 22.5. The first-order chi connectivity index (χ1) is 18.5. The standard InChI is InChI=1S/C28H44N5OS.2ClH.Mn/c1-20(2)28(34)31-13-14-35-23-16-21-15-22(17-23)19-33-27-10-6-4-8-25(27)30-12-11-29-24-7-3-5-9-26(24)32-18-21;;;/h16-17,24-27,29-30,32-33H,1,3-14,18-19H2,2H3,(H,31,34);2*1H;/q-1;;;+2/p-2/t24-,25-,26?,27?;;;/m1.../s1. The van der Waals surface area contributed by atoms with Crippen LogP contribution in [-0.2, 0) is 31.0 Å². The van der Waals surface area contributed by atoms with E-state index in [1.165, 1.54) is 67.4 Å².